The predicted octanol–water partition coefficient (Wildman–Crippen LogP) is 1.12. The van der Waals surface area contributed by atoms with Gasteiger partial charge in [0.05, 0.1) is 5.69 Å². The Morgan fingerprint density at radius 3 is 2.91 bits per heavy atom. The molecular formula is C17H25N5. The summed E-state index contributed by atoms with van der Waals surface area (Å²) in [4.78, 5) is 9.97. The molecule has 2 saturated heterocycles. The van der Waals surface area contributed by atoms with E-state index in [0.717, 1.165) is 31.3 Å². The molecule has 2 aromatic heterocycles. The minimum Gasteiger partial charge on any atom is -0.314 e. The highest BCUT2D eigenvalue weighted by molar-refractivity contribution is 5.41. The quantitative estimate of drug-likeness (QED) is 0.921. The Morgan fingerprint density at radius 2 is 2.05 bits per heavy atom. The van der Waals surface area contributed by atoms with Crippen LogP contribution in [0.2, 0.25) is 0 Å². The second-order valence-corrected chi connectivity index (χ2v) is 6.67. The molecule has 2 aliphatic heterocycles. The van der Waals surface area contributed by atoms with Crippen molar-refractivity contribution in [1.82, 2.24) is 24.5 Å². The van der Waals surface area contributed by atoms with Gasteiger partial charge in [-0.3, -0.25) is 9.80 Å². The number of fused-ring (bicyclic) bond motifs is 1. The van der Waals surface area contributed by atoms with Crippen molar-refractivity contribution in [3.05, 3.63) is 35.8 Å². The van der Waals surface area contributed by atoms with Crippen LogP contribution in [0.3, 0.4) is 0 Å². The first kappa shape index (κ1) is 14.2. The molecule has 5 heteroatoms. The lowest BCUT2D eigenvalue weighted by Crippen LogP contribution is -2.49. The fourth-order valence-corrected chi connectivity index (χ4v) is 3.76. The van der Waals surface area contributed by atoms with E-state index >= 15 is 0 Å². The third-order valence-corrected chi connectivity index (χ3v) is 4.95. The average molecular weight is 299 g/mol. The SMILES string of the molecule is Cc1ccc2nc(CN3CCC(N4CCNCC4)C3)cn2c1. The van der Waals surface area contributed by atoms with Crippen LogP contribution in [-0.2, 0) is 6.54 Å². The molecule has 1 unspecified atom stereocenters. The molecular weight excluding hydrogens is 274 g/mol. The zero-order valence-corrected chi connectivity index (χ0v) is 13.3. The number of rotatable bonds is 3. The molecule has 1 N–H and O–H groups in total. The summed E-state index contributed by atoms with van der Waals surface area (Å²) in [6, 6.07) is 4.97. The van der Waals surface area contributed by atoms with Gasteiger partial charge >= 0.3 is 0 Å². The number of nitrogens with one attached hydrogen (secondary N) is 1. The molecule has 2 aliphatic rings. The minimum atomic E-state index is 0.737. The Morgan fingerprint density at radius 1 is 1.18 bits per heavy atom. The van der Waals surface area contributed by atoms with E-state index in [2.05, 4.69) is 51.0 Å². The first-order valence-corrected chi connectivity index (χ1v) is 8.39. The molecule has 0 radical (unpaired) electrons. The maximum absolute atomic E-state index is 4.75. The lowest BCUT2D eigenvalue weighted by molar-refractivity contribution is 0.170. The molecule has 2 aromatic rings. The Hall–Kier alpha value is -1.43. The number of piperazine rings is 1. The summed E-state index contributed by atoms with van der Waals surface area (Å²) in [6.07, 6.45) is 5.63. The number of hydrogen-bond acceptors (Lipinski definition) is 4. The normalized spacial score (nSPS) is 24.3. The second-order valence-electron chi connectivity index (χ2n) is 6.67. The maximum atomic E-state index is 4.75. The van der Waals surface area contributed by atoms with Gasteiger partial charge in [0.25, 0.3) is 0 Å². The van der Waals surface area contributed by atoms with Crippen LogP contribution in [-0.4, -0.2) is 64.5 Å². The number of aromatic nitrogens is 2. The van der Waals surface area contributed by atoms with Crippen LogP contribution in [0.25, 0.3) is 5.65 Å². The highest BCUT2D eigenvalue weighted by atomic mass is 15.3. The fourth-order valence-electron chi connectivity index (χ4n) is 3.76. The lowest BCUT2D eigenvalue weighted by Gasteiger charge is -2.32. The van der Waals surface area contributed by atoms with Crippen molar-refractivity contribution in [1.29, 1.82) is 0 Å². The molecule has 5 nitrogen and oxygen atoms in total. The van der Waals surface area contributed by atoms with Crippen LogP contribution in [0.1, 0.15) is 17.7 Å². The van der Waals surface area contributed by atoms with Crippen LogP contribution in [0.5, 0.6) is 0 Å². The van der Waals surface area contributed by atoms with Gasteiger partial charge in [0, 0.05) is 64.2 Å². The standard InChI is InChI=1S/C17H25N5/c1-14-2-3-17-19-15(12-22(17)10-14)11-20-7-4-16(13-20)21-8-5-18-6-9-21/h2-3,10,12,16,18H,4-9,11,13H2,1H3. The van der Waals surface area contributed by atoms with Crippen molar-refractivity contribution in [3.8, 4) is 0 Å². The monoisotopic (exact) mass is 299 g/mol. The van der Waals surface area contributed by atoms with E-state index in [4.69, 9.17) is 4.98 Å². The second kappa shape index (κ2) is 5.99. The first-order valence-electron chi connectivity index (χ1n) is 8.39. The molecule has 4 heterocycles. The van der Waals surface area contributed by atoms with E-state index in [1.807, 2.05) is 0 Å². The largest absolute Gasteiger partial charge is 0.314 e. The average Bonchev–Trinajstić information content (AvgIpc) is 3.14. The summed E-state index contributed by atoms with van der Waals surface area (Å²) in [5.41, 5.74) is 3.52. The highest BCUT2D eigenvalue weighted by Gasteiger charge is 2.28. The molecule has 0 aliphatic carbocycles. The van der Waals surface area contributed by atoms with Crippen molar-refractivity contribution in [3.63, 3.8) is 0 Å². The summed E-state index contributed by atoms with van der Waals surface area (Å²) >= 11 is 0. The van der Waals surface area contributed by atoms with Gasteiger partial charge < -0.3 is 9.72 Å². The van der Waals surface area contributed by atoms with Gasteiger partial charge in [0.2, 0.25) is 0 Å². The molecule has 0 saturated carbocycles. The van der Waals surface area contributed by atoms with Gasteiger partial charge in [-0.05, 0) is 25.0 Å². The van der Waals surface area contributed by atoms with Crippen LogP contribution in [0.4, 0.5) is 0 Å². The maximum Gasteiger partial charge on any atom is 0.137 e. The molecule has 0 aromatic carbocycles. The van der Waals surface area contributed by atoms with Crippen molar-refractivity contribution >= 4 is 5.65 Å². The van der Waals surface area contributed by atoms with Gasteiger partial charge in [-0.1, -0.05) is 6.07 Å². The zero-order valence-electron chi connectivity index (χ0n) is 13.3. The molecule has 4 rings (SSSR count). The molecule has 2 fully saturated rings. The van der Waals surface area contributed by atoms with E-state index < -0.39 is 0 Å². The Kier molecular flexibility index (Phi) is 3.86. The topological polar surface area (TPSA) is 35.8 Å². The molecule has 0 spiro atoms. The number of aryl methyl sites for hydroxylation is 1. The Labute approximate surface area is 131 Å². The zero-order chi connectivity index (χ0) is 14.9. The fraction of sp³-hybridized carbons (Fsp3) is 0.588. The van der Waals surface area contributed by atoms with Gasteiger partial charge in [-0.25, -0.2) is 4.98 Å². The molecule has 0 bridgehead atoms. The van der Waals surface area contributed by atoms with Gasteiger partial charge in [-0.15, -0.1) is 0 Å². The Balaban J connectivity index is 1.40. The summed E-state index contributed by atoms with van der Waals surface area (Å²) in [5.74, 6) is 0. The molecule has 0 amide bonds. The van der Waals surface area contributed by atoms with Crippen molar-refractivity contribution < 1.29 is 0 Å². The number of likely N-dealkylation sites (tertiary alicyclic amines) is 1. The number of pyridine rings is 1. The first-order chi connectivity index (χ1) is 10.8. The van der Waals surface area contributed by atoms with E-state index in [1.165, 1.54) is 43.9 Å². The summed E-state index contributed by atoms with van der Waals surface area (Å²) in [7, 11) is 0. The lowest BCUT2D eigenvalue weighted by atomic mass is 10.2. The van der Waals surface area contributed by atoms with Gasteiger partial charge in [0.15, 0.2) is 0 Å². The van der Waals surface area contributed by atoms with Gasteiger partial charge in [-0.2, -0.15) is 0 Å². The van der Waals surface area contributed by atoms with Gasteiger partial charge in [0.1, 0.15) is 5.65 Å². The summed E-state index contributed by atoms with van der Waals surface area (Å²) < 4.78 is 2.15. The third-order valence-electron chi connectivity index (χ3n) is 4.95. The summed E-state index contributed by atoms with van der Waals surface area (Å²) in [6.45, 7) is 10.2. The van der Waals surface area contributed by atoms with Crippen molar-refractivity contribution in [2.75, 3.05) is 39.3 Å². The molecule has 1 atom stereocenters. The van der Waals surface area contributed by atoms with E-state index in [0.29, 0.717) is 0 Å². The van der Waals surface area contributed by atoms with Crippen LogP contribution < -0.4 is 5.32 Å². The van der Waals surface area contributed by atoms with Crippen LogP contribution >= 0.6 is 0 Å². The highest BCUT2D eigenvalue weighted by Crippen LogP contribution is 2.18. The van der Waals surface area contributed by atoms with Crippen LogP contribution in [0, 0.1) is 6.92 Å². The minimum absolute atomic E-state index is 0.737. The third kappa shape index (κ3) is 2.89. The smallest absolute Gasteiger partial charge is 0.137 e. The van der Waals surface area contributed by atoms with E-state index in [1.54, 1.807) is 0 Å². The number of nitrogens with zero attached hydrogens (tertiary/aromatic N) is 4. The predicted molar refractivity (Wildman–Crippen MR) is 88.1 cm³/mol. The van der Waals surface area contributed by atoms with E-state index in [9.17, 15) is 0 Å². The molecule has 22 heavy (non-hydrogen) atoms. The Bertz CT molecular complexity index is 644. The van der Waals surface area contributed by atoms with Crippen molar-refractivity contribution in [2.24, 2.45) is 0 Å². The number of imidazole rings is 1. The number of hydrogen-bond donors (Lipinski definition) is 1. The summed E-state index contributed by atoms with van der Waals surface area (Å²) in [5, 5.41) is 3.44. The molecule has 118 valence electrons. The van der Waals surface area contributed by atoms with E-state index in [-0.39, 0.29) is 0 Å². The van der Waals surface area contributed by atoms with Crippen molar-refractivity contribution in [2.45, 2.75) is 25.9 Å². The van der Waals surface area contributed by atoms with Crippen LogP contribution in [0.15, 0.2) is 24.5 Å².